The molecule has 0 spiro atoms. The molecule has 0 aliphatic heterocycles. The van der Waals surface area contributed by atoms with Crippen LogP contribution in [0.25, 0.3) is 0 Å². The van der Waals surface area contributed by atoms with E-state index in [2.05, 4.69) is 26.8 Å². The van der Waals surface area contributed by atoms with Gasteiger partial charge in [-0.25, -0.2) is 0 Å². The Hall–Kier alpha value is -1.16. The molecule has 0 aromatic heterocycles. The maximum absolute atomic E-state index is 13.6. The molecular formula is C25H38O4. The van der Waals surface area contributed by atoms with Gasteiger partial charge in [0, 0.05) is 11.8 Å². The van der Waals surface area contributed by atoms with E-state index in [-0.39, 0.29) is 22.9 Å². The fraction of sp³-hybridized carbons (Fsp3) is 0.840. The number of allylic oxidation sites excluding steroid dienone is 2. The van der Waals surface area contributed by atoms with Gasteiger partial charge in [0.15, 0.2) is 5.78 Å². The summed E-state index contributed by atoms with van der Waals surface area (Å²) in [7, 11) is 1.44. The van der Waals surface area contributed by atoms with Gasteiger partial charge in [0.2, 0.25) is 0 Å². The minimum atomic E-state index is -0.291. The molecule has 162 valence electrons. The number of hydrogen-bond donors (Lipinski definition) is 1. The first-order valence-electron chi connectivity index (χ1n) is 11.7. The van der Waals surface area contributed by atoms with E-state index in [4.69, 9.17) is 4.74 Å². The Kier molecular flexibility index (Phi) is 5.46. The number of hydrogen-bond acceptors (Lipinski definition) is 4. The Balaban J connectivity index is 1.60. The first kappa shape index (κ1) is 21.1. The highest BCUT2D eigenvalue weighted by Crippen LogP contribution is 2.65. The maximum Gasteiger partial charge on any atom is 0.305 e. The summed E-state index contributed by atoms with van der Waals surface area (Å²) in [6, 6.07) is 0. The van der Waals surface area contributed by atoms with Crippen molar-refractivity contribution in [3.05, 3.63) is 11.6 Å². The van der Waals surface area contributed by atoms with Gasteiger partial charge < -0.3 is 9.84 Å². The van der Waals surface area contributed by atoms with Crippen LogP contribution in [0.3, 0.4) is 0 Å². The van der Waals surface area contributed by atoms with Crippen LogP contribution in [-0.2, 0) is 14.3 Å². The molecule has 0 aromatic carbocycles. The van der Waals surface area contributed by atoms with Crippen molar-refractivity contribution < 1.29 is 19.4 Å². The predicted octanol–water partition coefficient (Wildman–Crippen LogP) is 4.69. The first-order valence-corrected chi connectivity index (χ1v) is 11.7. The standard InChI is InChI=1S/C25H38O4/c1-15(5-10-23(28)29-4)19-8-9-20-18-7-6-16-13-17(26)11-12-24(16,2)21(18)14-22(27)25(19,20)3/h14-20,26H,5-13H2,1-4H3/t15-,16+,17+,18-,19-,20+,24-,25+/m0/s1. The molecule has 4 rings (SSSR count). The number of methoxy groups -OCH3 is 1. The van der Waals surface area contributed by atoms with Gasteiger partial charge in [-0.3, -0.25) is 9.59 Å². The molecular weight excluding hydrogens is 364 g/mol. The van der Waals surface area contributed by atoms with Gasteiger partial charge >= 0.3 is 5.97 Å². The second-order valence-corrected chi connectivity index (χ2v) is 10.9. The van der Waals surface area contributed by atoms with E-state index < -0.39 is 0 Å². The molecule has 0 saturated heterocycles. The summed E-state index contributed by atoms with van der Waals surface area (Å²) in [5.41, 5.74) is 1.21. The SMILES string of the molecule is COC(=O)CC[C@H](C)[C@@H]1CC[C@@H]2[C@@H]3CC[C@@H]4C[C@H](O)CC[C@]4(C)C3=CC(=O)[C@@]21C. The third-order valence-electron chi connectivity index (χ3n) is 9.69. The van der Waals surface area contributed by atoms with E-state index in [1.54, 1.807) is 0 Å². The number of ketones is 1. The number of ether oxygens (including phenoxy) is 1. The third-order valence-corrected chi connectivity index (χ3v) is 9.69. The summed E-state index contributed by atoms with van der Waals surface area (Å²) in [5.74, 6) is 2.34. The van der Waals surface area contributed by atoms with Gasteiger partial charge in [-0.1, -0.05) is 26.3 Å². The third kappa shape index (κ3) is 3.21. The molecule has 29 heavy (non-hydrogen) atoms. The van der Waals surface area contributed by atoms with Gasteiger partial charge in [-0.15, -0.1) is 0 Å². The molecule has 3 fully saturated rings. The Morgan fingerprint density at radius 3 is 2.72 bits per heavy atom. The van der Waals surface area contributed by atoms with Crippen molar-refractivity contribution in [3.8, 4) is 0 Å². The lowest BCUT2D eigenvalue weighted by atomic mass is 9.48. The minimum absolute atomic E-state index is 0.0910. The van der Waals surface area contributed by atoms with Gasteiger partial charge in [0.1, 0.15) is 0 Å². The van der Waals surface area contributed by atoms with Crippen LogP contribution in [0.15, 0.2) is 11.6 Å². The lowest BCUT2D eigenvalue weighted by molar-refractivity contribution is -0.141. The normalized spacial score (nSPS) is 44.9. The number of aliphatic hydroxyl groups is 1. The summed E-state index contributed by atoms with van der Waals surface area (Å²) in [6.07, 6.45) is 10.4. The molecule has 0 aromatic rings. The monoisotopic (exact) mass is 402 g/mol. The zero-order valence-electron chi connectivity index (χ0n) is 18.6. The van der Waals surface area contributed by atoms with Crippen LogP contribution in [-0.4, -0.2) is 30.1 Å². The molecule has 1 N–H and O–H groups in total. The number of carbonyl (C=O) groups excluding carboxylic acids is 2. The van der Waals surface area contributed by atoms with Crippen molar-refractivity contribution in [2.75, 3.05) is 7.11 Å². The summed E-state index contributed by atoms with van der Waals surface area (Å²) in [6.45, 7) is 6.80. The van der Waals surface area contributed by atoms with Crippen molar-refractivity contribution in [3.63, 3.8) is 0 Å². The zero-order valence-corrected chi connectivity index (χ0v) is 18.6. The van der Waals surface area contributed by atoms with Crippen molar-refractivity contribution >= 4 is 11.8 Å². The fourth-order valence-electron chi connectivity index (χ4n) is 7.88. The highest BCUT2D eigenvalue weighted by molar-refractivity contribution is 5.97. The van der Waals surface area contributed by atoms with Crippen molar-refractivity contribution in [1.82, 2.24) is 0 Å². The molecule has 0 unspecified atom stereocenters. The van der Waals surface area contributed by atoms with Crippen LogP contribution in [0.2, 0.25) is 0 Å². The molecule has 0 amide bonds. The van der Waals surface area contributed by atoms with Crippen molar-refractivity contribution in [2.45, 2.75) is 84.7 Å². The van der Waals surface area contributed by atoms with E-state index in [1.165, 1.54) is 19.1 Å². The lowest BCUT2D eigenvalue weighted by Crippen LogP contribution is -2.52. The number of esters is 1. The summed E-state index contributed by atoms with van der Waals surface area (Å²) in [5, 5.41) is 10.2. The Labute approximate surface area is 175 Å². The largest absolute Gasteiger partial charge is 0.469 e. The summed E-state index contributed by atoms with van der Waals surface area (Å²) in [4.78, 5) is 25.2. The molecule has 4 aliphatic rings. The molecule has 0 radical (unpaired) electrons. The number of carbonyl (C=O) groups is 2. The molecule has 4 heteroatoms. The summed E-state index contributed by atoms with van der Waals surface area (Å²) >= 11 is 0. The molecule has 4 aliphatic carbocycles. The topological polar surface area (TPSA) is 63.6 Å². The molecule has 0 bridgehead atoms. The first-order chi connectivity index (χ1) is 13.7. The van der Waals surface area contributed by atoms with Crippen molar-refractivity contribution in [1.29, 1.82) is 0 Å². The van der Waals surface area contributed by atoms with Gasteiger partial charge in [0.05, 0.1) is 13.2 Å². The zero-order chi connectivity index (χ0) is 21.0. The van der Waals surface area contributed by atoms with Gasteiger partial charge in [-0.2, -0.15) is 0 Å². The average molecular weight is 403 g/mol. The molecule has 4 nitrogen and oxygen atoms in total. The fourth-order valence-corrected chi connectivity index (χ4v) is 7.88. The van der Waals surface area contributed by atoms with Crippen LogP contribution >= 0.6 is 0 Å². The van der Waals surface area contributed by atoms with Crippen molar-refractivity contribution in [2.24, 2.45) is 40.4 Å². The average Bonchev–Trinajstić information content (AvgIpc) is 3.06. The Bertz CT molecular complexity index is 712. The number of aliphatic hydroxyl groups excluding tert-OH is 1. The lowest BCUT2D eigenvalue weighted by Gasteiger charge is -2.56. The van der Waals surface area contributed by atoms with Gasteiger partial charge in [0.25, 0.3) is 0 Å². The van der Waals surface area contributed by atoms with Crippen LogP contribution in [0, 0.1) is 40.4 Å². The minimum Gasteiger partial charge on any atom is -0.469 e. The van der Waals surface area contributed by atoms with Crippen LogP contribution < -0.4 is 0 Å². The quantitative estimate of drug-likeness (QED) is 0.693. The van der Waals surface area contributed by atoms with E-state index >= 15 is 0 Å². The molecule has 8 atom stereocenters. The van der Waals surface area contributed by atoms with E-state index in [1.807, 2.05) is 0 Å². The molecule has 3 saturated carbocycles. The smallest absolute Gasteiger partial charge is 0.305 e. The predicted molar refractivity (Wildman–Crippen MR) is 112 cm³/mol. The maximum atomic E-state index is 13.6. The van der Waals surface area contributed by atoms with Crippen LogP contribution in [0.1, 0.15) is 78.6 Å². The molecule has 0 heterocycles. The van der Waals surface area contributed by atoms with E-state index in [0.717, 1.165) is 44.9 Å². The number of rotatable bonds is 4. The second-order valence-electron chi connectivity index (χ2n) is 10.9. The van der Waals surface area contributed by atoms with E-state index in [9.17, 15) is 14.7 Å². The highest BCUT2D eigenvalue weighted by Gasteiger charge is 2.60. The second kappa shape index (κ2) is 7.51. The number of fused-ring (bicyclic) bond motifs is 5. The van der Waals surface area contributed by atoms with Crippen LogP contribution in [0.4, 0.5) is 0 Å². The van der Waals surface area contributed by atoms with Crippen LogP contribution in [0.5, 0.6) is 0 Å². The summed E-state index contributed by atoms with van der Waals surface area (Å²) < 4.78 is 4.82. The Morgan fingerprint density at radius 2 is 2.00 bits per heavy atom. The Morgan fingerprint density at radius 1 is 1.24 bits per heavy atom. The van der Waals surface area contributed by atoms with Gasteiger partial charge in [-0.05, 0) is 92.4 Å². The highest BCUT2D eigenvalue weighted by atomic mass is 16.5. The van der Waals surface area contributed by atoms with E-state index in [0.29, 0.717) is 41.8 Å².